The van der Waals surface area contributed by atoms with E-state index < -0.39 is 5.82 Å². The van der Waals surface area contributed by atoms with Crippen LogP contribution in [0.5, 0.6) is 5.75 Å². The Bertz CT molecular complexity index is 410. The topological polar surface area (TPSA) is 64.3 Å². The number of hydrogen-bond donors (Lipinski definition) is 2. The van der Waals surface area contributed by atoms with Crippen LogP contribution < -0.4 is 15.8 Å². The largest absolute Gasteiger partial charge is 0.483 e. The minimum absolute atomic E-state index is 0.0367. The Morgan fingerprint density at radius 2 is 2.28 bits per heavy atom. The van der Waals surface area contributed by atoms with Gasteiger partial charge in [0.25, 0.3) is 5.91 Å². The summed E-state index contributed by atoms with van der Waals surface area (Å²) in [6, 6.07) is 4.54. The molecule has 0 aliphatic heterocycles. The third-order valence-electron chi connectivity index (χ3n) is 2.66. The van der Waals surface area contributed by atoms with Crippen LogP contribution in [0.3, 0.4) is 0 Å². The number of rotatable bonds is 6. The molecule has 18 heavy (non-hydrogen) atoms. The zero-order valence-corrected chi connectivity index (χ0v) is 10.7. The van der Waals surface area contributed by atoms with Gasteiger partial charge in [-0.3, -0.25) is 4.79 Å². The molecule has 4 nitrogen and oxygen atoms in total. The molecule has 0 bridgehead atoms. The van der Waals surface area contributed by atoms with Gasteiger partial charge in [0, 0.05) is 18.2 Å². The van der Waals surface area contributed by atoms with Gasteiger partial charge in [-0.15, -0.1) is 0 Å². The Kier molecular flexibility index (Phi) is 5.58. The monoisotopic (exact) mass is 254 g/mol. The molecule has 0 fully saturated rings. The molecular formula is C13H19FN2O2. The van der Waals surface area contributed by atoms with E-state index in [1.807, 2.05) is 13.8 Å². The highest BCUT2D eigenvalue weighted by molar-refractivity contribution is 5.77. The lowest BCUT2D eigenvalue weighted by molar-refractivity contribution is -0.123. The average Bonchev–Trinajstić information content (AvgIpc) is 2.36. The second-order valence-electron chi connectivity index (χ2n) is 4.09. The summed E-state index contributed by atoms with van der Waals surface area (Å²) in [4.78, 5) is 11.5. The lowest BCUT2D eigenvalue weighted by Crippen LogP contribution is -2.35. The van der Waals surface area contributed by atoms with Crippen LogP contribution in [0.25, 0.3) is 0 Å². The maximum absolute atomic E-state index is 13.4. The van der Waals surface area contributed by atoms with E-state index >= 15 is 0 Å². The van der Waals surface area contributed by atoms with E-state index in [9.17, 15) is 9.18 Å². The van der Waals surface area contributed by atoms with Crippen molar-refractivity contribution in [1.29, 1.82) is 0 Å². The number of benzene rings is 1. The van der Waals surface area contributed by atoms with Gasteiger partial charge in [-0.1, -0.05) is 13.0 Å². The molecule has 1 atom stereocenters. The molecule has 1 amide bonds. The SMILES string of the molecule is CCC(C)NC(=O)COc1cccc(F)c1CN. The van der Waals surface area contributed by atoms with Crippen LogP contribution in [0.15, 0.2) is 18.2 Å². The van der Waals surface area contributed by atoms with Crippen molar-refractivity contribution >= 4 is 5.91 Å². The molecule has 0 saturated heterocycles. The molecule has 0 spiro atoms. The minimum Gasteiger partial charge on any atom is -0.483 e. The van der Waals surface area contributed by atoms with Crippen molar-refractivity contribution in [3.05, 3.63) is 29.6 Å². The smallest absolute Gasteiger partial charge is 0.258 e. The van der Waals surface area contributed by atoms with Gasteiger partial charge >= 0.3 is 0 Å². The fourth-order valence-corrected chi connectivity index (χ4v) is 1.43. The van der Waals surface area contributed by atoms with Crippen LogP contribution in [-0.2, 0) is 11.3 Å². The van der Waals surface area contributed by atoms with Crippen LogP contribution in [0, 0.1) is 5.82 Å². The zero-order chi connectivity index (χ0) is 13.5. The molecule has 0 aliphatic rings. The first-order chi connectivity index (χ1) is 8.58. The number of ether oxygens (including phenoxy) is 1. The standard InChI is InChI=1S/C13H19FN2O2/c1-3-9(2)16-13(17)8-18-12-6-4-5-11(14)10(12)7-15/h4-6,9H,3,7-8,15H2,1-2H3,(H,16,17). The Balaban J connectivity index is 2.58. The van der Waals surface area contributed by atoms with Crippen LogP contribution in [0.4, 0.5) is 4.39 Å². The summed E-state index contributed by atoms with van der Waals surface area (Å²) >= 11 is 0. The molecule has 0 aliphatic carbocycles. The van der Waals surface area contributed by atoms with Crippen molar-refractivity contribution in [2.75, 3.05) is 6.61 Å². The third kappa shape index (κ3) is 4.00. The number of halogens is 1. The molecule has 0 saturated carbocycles. The molecule has 1 rings (SSSR count). The van der Waals surface area contributed by atoms with Crippen molar-refractivity contribution in [1.82, 2.24) is 5.32 Å². The van der Waals surface area contributed by atoms with Crippen molar-refractivity contribution in [3.8, 4) is 5.75 Å². The van der Waals surface area contributed by atoms with E-state index in [2.05, 4.69) is 5.32 Å². The van der Waals surface area contributed by atoms with Crippen molar-refractivity contribution < 1.29 is 13.9 Å². The minimum atomic E-state index is -0.419. The van der Waals surface area contributed by atoms with Crippen molar-refractivity contribution in [2.24, 2.45) is 5.73 Å². The Hall–Kier alpha value is -1.62. The lowest BCUT2D eigenvalue weighted by Gasteiger charge is -2.13. The fourth-order valence-electron chi connectivity index (χ4n) is 1.43. The highest BCUT2D eigenvalue weighted by Gasteiger charge is 2.10. The average molecular weight is 254 g/mol. The molecule has 3 N–H and O–H groups in total. The first-order valence-corrected chi connectivity index (χ1v) is 5.98. The Morgan fingerprint density at radius 3 is 2.89 bits per heavy atom. The number of nitrogens with one attached hydrogen (secondary N) is 1. The lowest BCUT2D eigenvalue weighted by atomic mass is 10.2. The van der Waals surface area contributed by atoms with Gasteiger partial charge in [-0.25, -0.2) is 4.39 Å². The summed E-state index contributed by atoms with van der Waals surface area (Å²) in [5, 5.41) is 2.76. The second-order valence-corrected chi connectivity index (χ2v) is 4.09. The molecule has 5 heteroatoms. The van der Waals surface area contributed by atoms with Crippen molar-refractivity contribution in [3.63, 3.8) is 0 Å². The molecule has 1 unspecified atom stereocenters. The second kappa shape index (κ2) is 6.96. The Labute approximate surface area is 106 Å². The van der Waals surface area contributed by atoms with Gasteiger partial charge in [-0.05, 0) is 25.5 Å². The fraction of sp³-hybridized carbons (Fsp3) is 0.462. The highest BCUT2D eigenvalue weighted by atomic mass is 19.1. The molecular weight excluding hydrogens is 235 g/mol. The summed E-state index contributed by atoms with van der Waals surface area (Å²) in [5.74, 6) is -0.328. The van der Waals surface area contributed by atoms with Crippen LogP contribution in [0.2, 0.25) is 0 Å². The highest BCUT2D eigenvalue weighted by Crippen LogP contribution is 2.20. The van der Waals surface area contributed by atoms with E-state index in [0.717, 1.165) is 6.42 Å². The number of nitrogens with two attached hydrogens (primary N) is 1. The quantitative estimate of drug-likeness (QED) is 0.810. The number of hydrogen-bond acceptors (Lipinski definition) is 3. The predicted octanol–water partition coefficient (Wildman–Crippen LogP) is 1.58. The van der Waals surface area contributed by atoms with Crippen molar-refractivity contribution in [2.45, 2.75) is 32.9 Å². The molecule has 0 heterocycles. The van der Waals surface area contributed by atoms with Gasteiger partial charge in [-0.2, -0.15) is 0 Å². The van der Waals surface area contributed by atoms with E-state index in [4.69, 9.17) is 10.5 Å². The summed E-state index contributed by atoms with van der Waals surface area (Å²) < 4.78 is 18.7. The van der Waals surface area contributed by atoms with E-state index in [0.29, 0.717) is 5.75 Å². The van der Waals surface area contributed by atoms with Crippen LogP contribution >= 0.6 is 0 Å². The molecule has 0 radical (unpaired) electrons. The van der Waals surface area contributed by atoms with E-state index in [1.54, 1.807) is 6.07 Å². The Morgan fingerprint density at radius 1 is 1.56 bits per heavy atom. The summed E-state index contributed by atoms with van der Waals surface area (Å²) in [6.45, 7) is 3.78. The summed E-state index contributed by atoms with van der Waals surface area (Å²) in [7, 11) is 0. The third-order valence-corrected chi connectivity index (χ3v) is 2.66. The zero-order valence-electron chi connectivity index (χ0n) is 10.7. The molecule has 1 aromatic rings. The maximum Gasteiger partial charge on any atom is 0.258 e. The van der Waals surface area contributed by atoms with E-state index in [1.165, 1.54) is 12.1 Å². The predicted molar refractivity (Wildman–Crippen MR) is 67.7 cm³/mol. The van der Waals surface area contributed by atoms with Gasteiger partial charge in [0.15, 0.2) is 6.61 Å². The molecule has 100 valence electrons. The molecule has 0 aromatic heterocycles. The number of amides is 1. The van der Waals surface area contributed by atoms with Crippen LogP contribution in [-0.4, -0.2) is 18.6 Å². The normalized spacial score (nSPS) is 12.0. The summed E-state index contributed by atoms with van der Waals surface area (Å²) in [6.07, 6.45) is 0.847. The van der Waals surface area contributed by atoms with Crippen LogP contribution in [0.1, 0.15) is 25.8 Å². The van der Waals surface area contributed by atoms with E-state index in [-0.39, 0.29) is 30.7 Å². The van der Waals surface area contributed by atoms with Gasteiger partial charge in [0.2, 0.25) is 0 Å². The van der Waals surface area contributed by atoms with Gasteiger partial charge < -0.3 is 15.8 Å². The number of carbonyl (C=O) groups excluding carboxylic acids is 1. The van der Waals surface area contributed by atoms with Gasteiger partial charge in [0.1, 0.15) is 11.6 Å². The van der Waals surface area contributed by atoms with Gasteiger partial charge in [0.05, 0.1) is 0 Å². The maximum atomic E-state index is 13.4. The summed E-state index contributed by atoms with van der Waals surface area (Å²) in [5.41, 5.74) is 5.73. The number of carbonyl (C=O) groups is 1. The first-order valence-electron chi connectivity index (χ1n) is 5.98. The molecule has 1 aromatic carbocycles. The first kappa shape index (κ1) is 14.4.